The maximum atomic E-state index is 12.2. The van der Waals surface area contributed by atoms with Crippen LogP contribution in [0.1, 0.15) is 30.6 Å². The molecule has 1 heterocycles. The molecule has 2 aromatic carbocycles. The lowest BCUT2D eigenvalue weighted by atomic mass is 10.2. The van der Waals surface area contributed by atoms with Crippen LogP contribution in [0.2, 0.25) is 5.04 Å². The summed E-state index contributed by atoms with van der Waals surface area (Å²) >= 11 is 1.34. The Bertz CT molecular complexity index is 838. The zero-order chi connectivity index (χ0) is 20.0. The Morgan fingerprint density at radius 1 is 1.04 bits per heavy atom. The summed E-state index contributed by atoms with van der Waals surface area (Å²) in [5.74, 6) is -0.152. The molecule has 3 aromatic rings. The van der Waals surface area contributed by atoms with E-state index in [2.05, 4.69) is 79.6 Å². The van der Waals surface area contributed by atoms with Crippen molar-refractivity contribution in [3.05, 3.63) is 77.2 Å². The van der Waals surface area contributed by atoms with Crippen LogP contribution < -0.4 is 15.7 Å². The van der Waals surface area contributed by atoms with E-state index < -0.39 is 8.32 Å². The molecule has 0 atom stereocenters. The molecule has 1 N–H and O–H groups in total. The first-order chi connectivity index (χ1) is 13.4. The van der Waals surface area contributed by atoms with Gasteiger partial charge in [0.15, 0.2) is 5.01 Å². The normalized spacial score (nSPS) is 12.0. The van der Waals surface area contributed by atoms with E-state index in [-0.39, 0.29) is 10.9 Å². The minimum atomic E-state index is -2.55. The second kappa shape index (κ2) is 8.81. The molecule has 0 saturated carbocycles. The summed E-state index contributed by atoms with van der Waals surface area (Å²) in [7, 11) is -2.55. The fraction of sp³-hybridized carbons (Fsp3) is 0.273. The Morgan fingerprint density at radius 3 is 2.07 bits per heavy atom. The number of thiazole rings is 1. The van der Waals surface area contributed by atoms with Crippen molar-refractivity contribution < 1.29 is 9.22 Å². The molecule has 0 radical (unpaired) electrons. The molecule has 0 unspecified atom stereocenters. The molecular formula is C22H26N2O2SSi. The predicted molar refractivity (Wildman–Crippen MR) is 118 cm³/mol. The lowest BCUT2D eigenvalue weighted by molar-refractivity contribution is 0.0946. The highest BCUT2D eigenvalue weighted by Gasteiger charge is 2.49. The Labute approximate surface area is 171 Å². The van der Waals surface area contributed by atoms with Gasteiger partial charge in [0, 0.05) is 18.1 Å². The van der Waals surface area contributed by atoms with Gasteiger partial charge in [-0.2, -0.15) is 0 Å². The number of carbonyl (C=O) groups is 1. The van der Waals surface area contributed by atoms with Gasteiger partial charge in [0.2, 0.25) is 0 Å². The number of nitrogens with zero attached hydrogens (tertiary/aromatic N) is 1. The van der Waals surface area contributed by atoms with Crippen LogP contribution in [0.4, 0.5) is 0 Å². The van der Waals surface area contributed by atoms with Crippen molar-refractivity contribution in [1.82, 2.24) is 10.3 Å². The van der Waals surface area contributed by atoms with Crippen LogP contribution >= 0.6 is 11.3 Å². The maximum absolute atomic E-state index is 12.2. The SMILES string of the molecule is CC(C)(C)[Si](OCCNC(=O)c1nccs1)(c1ccccc1)c1ccccc1. The average molecular weight is 411 g/mol. The van der Waals surface area contributed by atoms with Gasteiger partial charge in [0.1, 0.15) is 0 Å². The van der Waals surface area contributed by atoms with Gasteiger partial charge in [0.05, 0.1) is 6.61 Å². The second-order valence-electron chi connectivity index (χ2n) is 7.60. The lowest BCUT2D eigenvalue weighted by Crippen LogP contribution is -2.67. The van der Waals surface area contributed by atoms with E-state index in [0.717, 1.165) is 0 Å². The number of nitrogens with one attached hydrogen (secondary N) is 1. The summed E-state index contributed by atoms with van der Waals surface area (Å²) in [5, 5.41) is 7.59. The number of amides is 1. The molecule has 0 bridgehead atoms. The number of aromatic nitrogens is 1. The molecule has 0 spiro atoms. The van der Waals surface area contributed by atoms with E-state index >= 15 is 0 Å². The van der Waals surface area contributed by atoms with Gasteiger partial charge in [-0.05, 0) is 15.4 Å². The largest absolute Gasteiger partial charge is 0.406 e. The Balaban J connectivity index is 1.85. The third kappa shape index (κ3) is 4.24. The number of carbonyl (C=O) groups excluding carboxylic acids is 1. The summed E-state index contributed by atoms with van der Waals surface area (Å²) in [5.41, 5.74) is 0. The molecule has 28 heavy (non-hydrogen) atoms. The topological polar surface area (TPSA) is 51.2 Å². The van der Waals surface area contributed by atoms with Crippen molar-refractivity contribution >= 4 is 35.9 Å². The summed E-state index contributed by atoms with van der Waals surface area (Å²) in [6, 6.07) is 21.0. The number of hydrogen-bond acceptors (Lipinski definition) is 4. The zero-order valence-corrected chi connectivity index (χ0v) is 18.3. The Morgan fingerprint density at radius 2 is 1.61 bits per heavy atom. The van der Waals surface area contributed by atoms with E-state index in [1.54, 1.807) is 11.6 Å². The van der Waals surface area contributed by atoms with Gasteiger partial charge in [0.25, 0.3) is 14.2 Å². The van der Waals surface area contributed by atoms with E-state index in [4.69, 9.17) is 4.43 Å². The molecule has 0 aliphatic heterocycles. The first-order valence-corrected chi connectivity index (χ1v) is 12.2. The van der Waals surface area contributed by atoms with Gasteiger partial charge in [-0.3, -0.25) is 4.79 Å². The second-order valence-corrected chi connectivity index (χ2v) is 12.8. The molecule has 6 heteroatoms. The van der Waals surface area contributed by atoms with Crippen LogP contribution in [-0.4, -0.2) is 32.4 Å². The first-order valence-electron chi connectivity index (χ1n) is 9.38. The van der Waals surface area contributed by atoms with Crippen LogP contribution in [0.15, 0.2) is 72.2 Å². The van der Waals surface area contributed by atoms with Gasteiger partial charge < -0.3 is 9.74 Å². The minimum absolute atomic E-state index is 0.0744. The molecule has 0 fully saturated rings. The smallest absolute Gasteiger partial charge is 0.280 e. The summed E-state index contributed by atoms with van der Waals surface area (Å²) in [6.45, 7) is 7.63. The van der Waals surface area contributed by atoms with Crippen molar-refractivity contribution in [3.8, 4) is 0 Å². The molecule has 0 aliphatic carbocycles. The highest BCUT2D eigenvalue weighted by molar-refractivity contribution is 7.11. The minimum Gasteiger partial charge on any atom is -0.406 e. The quantitative estimate of drug-likeness (QED) is 0.479. The van der Waals surface area contributed by atoms with E-state index in [1.165, 1.54) is 21.7 Å². The lowest BCUT2D eigenvalue weighted by Gasteiger charge is -2.43. The van der Waals surface area contributed by atoms with E-state index in [9.17, 15) is 4.79 Å². The van der Waals surface area contributed by atoms with Gasteiger partial charge in [-0.15, -0.1) is 11.3 Å². The summed E-state index contributed by atoms with van der Waals surface area (Å²) in [6.07, 6.45) is 1.64. The number of rotatable bonds is 7. The standard InChI is InChI=1S/C22H26N2O2SSi/c1-22(2,3)28(18-10-6-4-7-11-18,19-12-8-5-9-13-19)26-16-14-23-20(25)21-24-15-17-27-21/h4-13,15,17H,14,16H2,1-3H3,(H,23,25). The van der Waals surface area contributed by atoms with Crippen LogP contribution in [0.5, 0.6) is 0 Å². The fourth-order valence-corrected chi connectivity index (χ4v) is 8.66. The predicted octanol–water partition coefficient (Wildman–Crippen LogP) is 3.45. The summed E-state index contributed by atoms with van der Waals surface area (Å²) in [4.78, 5) is 16.2. The monoisotopic (exact) mass is 410 g/mol. The van der Waals surface area contributed by atoms with Crippen molar-refractivity contribution in [2.45, 2.75) is 25.8 Å². The van der Waals surface area contributed by atoms with Gasteiger partial charge in [-0.25, -0.2) is 4.98 Å². The third-order valence-electron chi connectivity index (χ3n) is 4.75. The molecule has 3 rings (SSSR count). The first kappa shape index (κ1) is 20.5. The molecule has 1 aromatic heterocycles. The Hall–Kier alpha value is -2.28. The molecule has 146 valence electrons. The van der Waals surface area contributed by atoms with Crippen LogP contribution in [0, 0.1) is 0 Å². The van der Waals surface area contributed by atoms with Gasteiger partial charge >= 0.3 is 0 Å². The molecule has 0 aliphatic rings. The van der Waals surface area contributed by atoms with E-state index in [1.807, 2.05) is 12.1 Å². The van der Waals surface area contributed by atoms with Crippen LogP contribution in [0.3, 0.4) is 0 Å². The zero-order valence-electron chi connectivity index (χ0n) is 16.5. The highest BCUT2D eigenvalue weighted by atomic mass is 32.1. The van der Waals surface area contributed by atoms with Crippen molar-refractivity contribution in [2.75, 3.05) is 13.2 Å². The van der Waals surface area contributed by atoms with E-state index in [0.29, 0.717) is 18.2 Å². The molecule has 1 amide bonds. The van der Waals surface area contributed by atoms with Crippen LogP contribution in [0.25, 0.3) is 0 Å². The average Bonchev–Trinajstić information content (AvgIpc) is 3.23. The van der Waals surface area contributed by atoms with Crippen LogP contribution in [-0.2, 0) is 4.43 Å². The number of hydrogen-bond donors (Lipinski definition) is 1. The molecular weight excluding hydrogens is 384 g/mol. The van der Waals surface area contributed by atoms with Crippen molar-refractivity contribution in [3.63, 3.8) is 0 Å². The van der Waals surface area contributed by atoms with Crippen molar-refractivity contribution in [2.24, 2.45) is 0 Å². The third-order valence-corrected chi connectivity index (χ3v) is 10.6. The maximum Gasteiger partial charge on any atom is 0.280 e. The van der Waals surface area contributed by atoms with Crippen molar-refractivity contribution in [1.29, 1.82) is 0 Å². The Kier molecular flexibility index (Phi) is 6.44. The summed E-state index contributed by atoms with van der Waals surface area (Å²) < 4.78 is 6.74. The molecule has 0 saturated heterocycles. The highest BCUT2D eigenvalue weighted by Crippen LogP contribution is 2.36. The molecule has 4 nitrogen and oxygen atoms in total. The fourth-order valence-electron chi connectivity index (χ4n) is 3.54. The number of benzene rings is 2. The van der Waals surface area contributed by atoms with Gasteiger partial charge in [-0.1, -0.05) is 81.4 Å².